The molecule has 2 aromatic rings. The van der Waals surface area contributed by atoms with E-state index in [4.69, 9.17) is 0 Å². The van der Waals surface area contributed by atoms with Gasteiger partial charge in [-0.1, -0.05) is 6.08 Å². The second-order valence-corrected chi connectivity index (χ2v) is 5.24. The van der Waals surface area contributed by atoms with Crippen LogP contribution in [0.5, 0.6) is 0 Å². The van der Waals surface area contributed by atoms with Gasteiger partial charge in [0.1, 0.15) is 0 Å². The SMILES string of the molecule is Cn1nccc1C1=CCN(C(=O)CCc2cnc[nH]2)CC1. The Morgan fingerprint density at radius 3 is 3.00 bits per heavy atom. The van der Waals surface area contributed by atoms with Crippen molar-refractivity contribution >= 4 is 11.5 Å². The number of carbonyl (C=O) groups excluding carboxylic acids is 1. The van der Waals surface area contributed by atoms with Crippen LogP contribution in [-0.2, 0) is 18.3 Å². The van der Waals surface area contributed by atoms with Crippen LogP contribution in [0.4, 0.5) is 0 Å². The number of aromatic nitrogens is 4. The molecule has 0 aromatic carbocycles. The van der Waals surface area contributed by atoms with Gasteiger partial charge in [0.25, 0.3) is 0 Å². The number of nitrogens with one attached hydrogen (secondary N) is 1. The van der Waals surface area contributed by atoms with Gasteiger partial charge >= 0.3 is 0 Å². The first kappa shape index (κ1) is 13.6. The summed E-state index contributed by atoms with van der Waals surface area (Å²) >= 11 is 0. The molecule has 1 N–H and O–H groups in total. The summed E-state index contributed by atoms with van der Waals surface area (Å²) in [7, 11) is 1.94. The number of amides is 1. The van der Waals surface area contributed by atoms with E-state index in [1.807, 2.05) is 22.7 Å². The van der Waals surface area contributed by atoms with Crippen LogP contribution in [0.15, 0.2) is 30.9 Å². The van der Waals surface area contributed by atoms with Gasteiger partial charge < -0.3 is 9.88 Å². The lowest BCUT2D eigenvalue weighted by Gasteiger charge is -2.26. The zero-order chi connectivity index (χ0) is 14.7. The molecule has 110 valence electrons. The van der Waals surface area contributed by atoms with Crippen molar-refractivity contribution in [3.05, 3.63) is 42.3 Å². The van der Waals surface area contributed by atoms with Crippen molar-refractivity contribution in [2.24, 2.45) is 7.05 Å². The molecule has 0 radical (unpaired) electrons. The summed E-state index contributed by atoms with van der Waals surface area (Å²) in [6, 6.07) is 2.02. The Hall–Kier alpha value is -2.37. The van der Waals surface area contributed by atoms with E-state index in [0.717, 1.165) is 24.4 Å². The second-order valence-electron chi connectivity index (χ2n) is 5.24. The minimum absolute atomic E-state index is 0.199. The highest BCUT2D eigenvalue weighted by Crippen LogP contribution is 2.21. The fraction of sp³-hybridized carbons (Fsp3) is 0.400. The molecule has 0 aliphatic carbocycles. The van der Waals surface area contributed by atoms with Crippen LogP contribution in [-0.4, -0.2) is 43.6 Å². The average molecular weight is 285 g/mol. The Labute approximate surface area is 123 Å². The van der Waals surface area contributed by atoms with Crippen molar-refractivity contribution in [2.75, 3.05) is 13.1 Å². The van der Waals surface area contributed by atoms with E-state index >= 15 is 0 Å². The fourth-order valence-electron chi connectivity index (χ4n) is 2.64. The lowest BCUT2D eigenvalue weighted by molar-refractivity contribution is -0.130. The summed E-state index contributed by atoms with van der Waals surface area (Å²) in [4.78, 5) is 21.1. The van der Waals surface area contributed by atoms with Crippen molar-refractivity contribution in [2.45, 2.75) is 19.3 Å². The van der Waals surface area contributed by atoms with Gasteiger partial charge in [-0.15, -0.1) is 0 Å². The molecule has 0 atom stereocenters. The predicted octanol–water partition coefficient (Wildman–Crippen LogP) is 1.39. The maximum absolute atomic E-state index is 12.2. The molecule has 0 bridgehead atoms. The van der Waals surface area contributed by atoms with Crippen LogP contribution in [0.25, 0.3) is 5.57 Å². The van der Waals surface area contributed by atoms with Crippen molar-refractivity contribution in [3.63, 3.8) is 0 Å². The molecule has 6 heteroatoms. The second kappa shape index (κ2) is 5.95. The first-order chi connectivity index (χ1) is 10.2. The van der Waals surface area contributed by atoms with E-state index in [9.17, 15) is 4.79 Å². The van der Waals surface area contributed by atoms with Crippen LogP contribution >= 0.6 is 0 Å². The zero-order valence-corrected chi connectivity index (χ0v) is 12.1. The van der Waals surface area contributed by atoms with Gasteiger partial charge in [-0.25, -0.2) is 4.98 Å². The maximum Gasteiger partial charge on any atom is 0.223 e. The largest absolute Gasteiger partial charge is 0.348 e. The van der Waals surface area contributed by atoms with Gasteiger partial charge in [0.2, 0.25) is 5.91 Å². The summed E-state index contributed by atoms with van der Waals surface area (Å²) in [6.45, 7) is 1.46. The number of H-pyrrole nitrogens is 1. The summed E-state index contributed by atoms with van der Waals surface area (Å²) < 4.78 is 1.88. The Balaban J connectivity index is 1.56. The predicted molar refractivity (Wildman–Crippen MR) is 79.3 cm³/mol. The third-order valence-electron chi connectivity index (χ3n) is 3.87. The number of nitrogens with zero attached hydrogens (tertiary/aromatic N) is 4. The third-order valence-corrected chi connectivity index (χ3v) is 3.87. The van der Waals surface area contributed by atoms with Gasteiger partial charge in [0.05, 0.1) is 12.0 Å². The molecule has 0 spiro atoms. The highest BCUT2D eigenvalue weighted by Gasteiger charge is 2.18. The van der Waals surface area contributed by atoms with E-state index in [2.05, 4.69) is 21.1 Å². The standard InChI is InChI=1S/C15H19N5O/c1-19-14(4-7-18-19)12-5-8-20(9-6-12)15(21)3-2-13-10-16-11-17-13/h4-5,7,10-11H,2-3,6,8-9H2,1H3,(H,16,17). The van der Waals surface area contributed by atoms with E-state index in [1.165, 1.54) is 5.57 Å². The van der Waals surface area contributed by atoms with E-state index in [1.54, 1.807) is 18.7 Å². The molecule has 1 aliphatic heterocycles. The number of rotatable bonds is 4. The van der Waals surface area contributed by atoms with Gasteiger partial charge in [-0.05, 0) is 24.5 Å². The maximum atomic E-state index is 12.2. The van der Waals surface area contributed by atoms with E-state index < -0.39 is 0 Å². The third kappa shape index (κ3) is 3.04. The first-order valence-corrected chi connectivity index (χ1v) is 7.16. The van der Waals surface area contributed by atoms with E-state index in [-0.39, 0.29) is 5.91 Å². The lowest BCUT2D eigenvalue weighted by Crippen LogP contribution is -2.35. The number of aromatic amines is 1. The minimum atomic E-state index is 0.199. The molecule has 0 saturated heterocycles. The van der Waals surface area contributed by atoms with Gasteiger partial charge in [-0.3, -0.25) is 9.48 Å². The number of carbonyl (C=O) groups is 1. The summed E-state index contributed by atoms with van der Waals surface area (Å²) in [6.07, 6.45) is 9.47. The molecule has 0 fully saturated rings. The number of hydrogen-bond donors (Lipinski definition) is 1. The first-order valence-electron chi connectivity index (χ1n) is 7.16. The Kier molecular flexibility index (Phi) is 3.85. The number of imidazole rings is 1. The van der Waals surface area contributed by atoms with Crippen LogP contribution in [0, 0.1) is 0 Å². The highest BCUT2D eigenvalue weighted by molar-refractivity contribution is 5.78. The van der Waals surface area contributed by atoms with Gasteiger partial charge in [0.15, 0.2) is 0 Å². The Morgan fingerprint density at radius 1 is 1.48 bits per heavy atom. The normalized spacial score (nSPS) is 15.1. The summed E-state index contributed by atoms with van der Waals surface area (Å²) in [5, 5.41) is 4.19. The Morgan fingerprint density at radius 2 is 2.38 bits per heavy atom. The molecule has 2 aromatic heterocycles. The average Bonchev–Trinajstić information content (AvgIpc) is 3.16. The zero-order valence-electron chi connectivity index (χ0n) is 12.1. The molecule has 1 amide bonds. The molecule has 3 heterocycles. The highest BCUT2D eigenvalue weighted by atomic mass is 16.2. The van der Waals surface area contributed by atoms with Crippen molar-refractivity contribution < 1.29 is 4.79 Å². The number of hydrogen-bond acceptors (Lipinski definition) is 3. The van der Waals surface area contributed by atoms with Gasteiger partial charge in [0, 0.05) is 44.6 Å². The van der Waals surface area contributed by atoms with Gasteiger partial charge in [-0.2, -0.15) is 5.10 Å². The molecule has 0 unspecified atom stereocenters. The molecule has 3 rings (SSSR count). The fourth-order valence-corrected chi connectivity index (χ4v) is 2.64. The Bertz CT molecular complexity index is 641. The monoisotopic (exact) mass is 285 g/mol. The quantitative estimate of drug-likeness (QED) is 0.923. The summed E-state index contributed by atoms with van der Waals surface area (Å²) in [5.74, 6) is 0.199. The lowest BCUT2D eigenvalue weighted by atomic mass is 10.0. The topological polar surface area (TPSA) is 66.8 Å². The van der Waals surface area contributed by atoms with Crippen LogP contribution in [0.1, 0.15) is 24.2 Å². The van der Waals surface area contributed by atoms with Crippen LogP contribution < -0.4 is 0 Å². The molecular formula is C15H19N5O. The molecule has 6 nitrogen and oxygen atoms in total. The smallest absolute Gasteiger partial charge is 0.223 e. The molecule has 21 heavy (non-hydrogen) atoms. The van der Waals surface area contributed by atoms with Crippen molar-refractivity contribution in [1.82, 2.24) is 24.6 Å². The molecule has 0 saturated carbocycles. The molecule has 1 aliphatic rings. The van der Waals surface area contributed by atoms with Crippen LogP contribution in [0.3, 0.4) is 0 Å². The summed E-state index contributed by atoms with van der Waals surface area (Å²) in [5.41, 5.74) is 3.42. The van der Waals surface area contributed by atoms with E-state index in [0.29, 0.717) is 19.4 Å². The number of aryl methyl sites for hydroxylation is 2. The minimum Gasteiger partial charge on any atom is -0.348 e. The molecular weight excluding hydrogens is 266 g/mol. The van der Waals surface area contributed by atoms with Crippen molar-refractivity contribution in [3.8, 4) is 0 Å². The van der Waals surface area contributed by atoms with Crippen LogP contribution in [0.2, 0.25) is 0 Å². The van der Waals surface area contributed by atoms with Crippen molar-refractivity contribution in [1.29, 1.82) is 0 Å².